The van der Waals surface area contributed by atoms with Crippen LogP contribution in [-0.4, -0.2) is 40.2 Å². The lowest BCUT2D eigenvalue weighted by Gasteiger charge is -2.30. The predicted octanol–water partition coefficient (Wildman–Crippen LogP) is 5.08. The number of aryl methyl sites for hydroxylation is 1. The fourth-order valence-electron chi connectivity index (χ4n) is 3.89. The van der Waals surface area contributed by atoms with E-state index in [2.05, 4.69) is 10.0 Å². The first kappa shape index (κ1) is 29.0. The van der Waals surface area contributed by atoms with E-state index in [0.29, 0.717) is 16.1 Å². The molecule has 2 aromatic rings. The molecule has 0 fully saturated rings. The summed E-state index contributed by atoms with van der Waals surface area (Å²) in [6.45, 7) is 10.1. The molecule has 10 heteroatoms. The highest BCUT2D eigenvalue weighted by Crippen LogP contribution is 2.33. The van der Waals surface area contributed by atoms with E-state index >= 15 is 0 Å². The van der Waals surface area contributed by atoms with Crippen LogP contribution in [0.3, 0.4) is 0 Å². The van der Waals surface area contributed by atoms with Gasteiger partial charge in [0.05, 0.1) is 12.3 Å². The molecular weight excluding hydrogens is 495 g/mol. The number of hydrogen-bond donors (Lipinski definition) is 2. The minimum atomic E-state index is -4.34. The molecule has 194 valence electrons. The van der Waals surface area contributed by atoms with E-state index in [-0.39, 0.29) is 22.8 Å². The highest BCUT2D eigenvalue weighted by Gasteiger charge is 2.38. The second kappa shape index (κ2) is 11.2. The van der Waals surface area contributed by atoms with Crippen LogP contribution in [0.5, 0.6) is 0 Å². The molecule has 2 N–H and O–H groups in total. The number of esters is 1. The molecule has 0 heterocycles. The van der Waals surface area contributed by atoms with E-state index in [0.717, 1.165) is 5.56 Å². The first-order valence-electron chi connectivity index (χ1n) is 11.1. The number of methoxy groups -OCH3 is 1. The average Bonchev–Trinajstić information content (AvgIpc) is 2.73. The van der Waals surface area contributed by atoms with Gasteiger partial charge in [-0.1, -0.05) is 24.6 Å². The van der Waals surface area contributed by atoms with Crippen LogP contribution < -0.4 is 10.0 Å². The molecule has 2 aromatic carbocycles. The number of carbonyl (C=O) groups is 1. The van der Waals surface area contributed by atoms with Gasteiger partial charge in [0.1, 0.15) is 22.4 Å². The summed E-state index contributed by atoms with van der Waals surface area (Å²) in [5.41, 5.74) is 1.32. The first-order chi connectivity index (χ1) is 16.1. The Bertz CT molecular complexity index is 1200. The van der Waals surface area contributed by atoms with Gasteiger partial charge >= 0.3 is 5.97 Å². The SMILES string of the molecule is CNc1cc(Cl)cc(COC)c1S(=O)(=O)N[C@H](C(=O)OC(C)(C)C)C(C)c1c(F)ccc(C)c1C. The second-order valence-electron chi connectivity index (χ2n) is 9.45. The Morgan fingerprint density at radius 3 is 2.37 bits per heavy atom. The Labute approximate surface area is 212 Å². The van der Waals surface area contributed by atoms with Gasteiger partial charge in [-0.25, -0.2) is 12.8 Å². The second-order valence-corrected chi connectivity index (χ2v) is 11.5. The summed E-state index contributed by atoms with van der Waals surface area (Å²) in [7, 11) is -1.35. The third kappa shape index (κ3) is 6.94. The highest BCUT2D eigenvalue weighted by molar-refractivity contribution is 7.89. The van der Waals surface area contributed by atoms with Gasteiger partial charge in [0.2, 0.25) is 10.0 Å². The first-order valence-corrected chi connectivity index (χ1v) is 13.0. The minimum Gasteiger partial charge on any atom is -0.459 e. The number of anilines is 1. The third-order valence-electron chi connectivity index (χ3n) is 5.60. The Kier molecular flexibility index (Phi) is 9.33. The fourth-order valence-corrected chi connectivity index (χ4v) is 5.80. The Hall–Kier alpha value is -2.20. The summed E-state index contributed by atoms with van der Waals surface area (Å²) in [5, 5.41) is 3.15. The van der Waals surface area contributed by atoms with Crippen LogP contribution in [0.1, 0.15) is 55.9 Å². The van der Waals surface area contributed by atoms with Crippen LogP contribution in [0, 0.1) is 19.7 Å². The Morgan fingerprint density at radius 1 is 1.20 bits per heavy atom. The van der Waals surface area contributed by atoms with Crippen molar-refractivity contribution >= 4 is 33.3 Å². The van der Waals surface area contributed by atoms with E-state index in [9.17, 15) is 17.6 Å². The summed E-state index contributed by atoms with van der Waals surface area (Å²) in [6, 6.07) is 4.48. The van der Waals surface area contributed by atoms with E-state index < -0.39 is 39.4 Å². The maximum absolute atomic E-state index is 15.0. The van der Waals surface area contributed by atoms with Gasteiger partial charge in [-0.3, -0.25) is 4.79 Å². The van der Waals surface area contributed by atoms with Crippen molar-refractivity contribution in [1.82, 2.24) is 4.72 Å². The van der Waals surface area contributed by atoms with Crippen LogP contribution in [-0.2, 0) is 30.9 Å². The molecule has 7 nitrogen and oxygen atoms in total. The normalized spacial score (nSPS) is 13.9. The van der Waals surface area contributed by atoms with E-state index in [4.69, 9.17) is 21.1 Å². The van der Waals surface area contributed by atoms with Crippen molar-refractivity contribution in [2.75, 3.05) is 19.5 Å². The number of benzene rings is 2. The number of halogens is 2. The van der Waals surface area contributed by atoms with Gasteiger partial charge in [-0.15, -0.1) is 0 Å². The molecule has 0 spiro atoms. The van der Waals surface area contributed by atoms with Gasteiger partial charge in [-0.2, -0.15) is 4.72 Å². The third-order valence-corrected chi connectivity index (χ3v) is 7.40. The molecule has 1 unspecified atom stereocenters. The molecule has 0 aliphatic carbocycles. The predicted molar refractivity (Wildman–Crippen MR) is 136 cm³/mol. The van der Waals surface area contributed by atoms with Crippen molar-refractivity contribution in [3.63, 3.8) is 0 Å². The summed E-state index contributed by atoms with van der Waals surface area (Å²) >= 11 is 6.17. The van der Waals surface area contributed by atoms with E-state index in [1.54, 1.807) is 47.7 Å². The summed E-state index contributed by atoms with van der Waals surface area (Å²) in [6.07, 6.45) is 0. The lowest BCUT2D eigenvalue weighted by atomic mass is 9.88. The van der Waals surface area contributed by atoms with Gasteiger partial charge in [-0.05, 0) is 69.5 Å². The van der Waals surface area contributed by atoms with Gasteiger partial charge < -0.3 is 14.8 Å². The van der Waals surface area contributed by atoms with Gasteiger partial charge in [0, 0.05) is 30.7 Å². The average molecular weight is 529 g/mol. The lowest BCUT2D eigenvalue weighted by molar-refractivity contribution is -0.157. The van der Waals surface area contributed by atoms with Crippen molar-refractivity contribution in [2.24, 2.45) is 0 Å². The number of hydrogen-bond acceptors (Lipinski definition) is 6. The maximum Gasteiger partial charge on any atom is 0.325 e. The molecule has 0 aromatic heterocycles. The van der Waals surface area contributed by atoms with Crippen LogP contribution in [0.15, 0.2) is 29.2 Å². The standard InChI is InChI=1S/C25H34ClFN2O5S/c1-14-9-10-19(27)21(15(14)2)16(3)22(24(30)34-25(4,5)6)29-35(31,32)23-17(13-33-8)11-18(26)12-20(23)28-7/h9-12,16,22,28-29H,13H2,1-8H3/t16?,22-/m0/s1. The minimum absolute atomic E-state index is 0.0379. The van der Waals surface area contributed by atoms with Crippen LogP contribution >= 0.6 is 11.6 Å². The monoisotopic (exact) mass is 528 g/mol. The van der Waals surface area contributed by atoms with Gasteiger partial charge in [0.15, 0.2) is 0 Å². The maximum atomic E-state index is 15.0. The zero-order valence-electron chi connectivity index (χ0n) is 21.4. The summed E-state index contributed by atoms with van der Waals surface area (Å²) < 4.78 is 55.6. The van der Waals surface area contributed by atoms with Gasteiger partial charge in [0.25, 0.3) is 0 Å². The van der Waals surface area contributed by atoms with Crippen LogP contribution in [0.25, 0.3) is 0 Å². The Morgan fingerprint density at radius 2 is 1.83 bits per heavy atom. The molecule has 2 atom stereocenters. The van der Waals surface area contributed by atoms with Crippen molar-refractivity contribution in [3.8, 4) is 0 Å². The zero-order valence-corrected chi connectivity index (χ0v) is 22.9. The molecule has 0 aliphatic heterocycles. The topological polar surface area (TPSA) is 93.7 Å². The van der Waals surface area contributed by atoms with Crippen molar-refractivity contribution in [2.45, 2.75) is 70.6 Å². The molecule has 0 bridgehead atoms. The molecule has 2 rings (SSSR count). The summed E-state index contributed by atoms with van der Waals surface area (Å²) in [4.78, 5) is 13.2. The van der Waals surface area contributed by atoms with E-state index in [1.165, 1.54) is 25.3 Å². The number of sulfonamides is 1. The quantitative estimate of drug-likeness (QED) is 0.441. The largest absolute Gasteiger partial charge is 0.459 e. The number of ether oxygens (including phenoxy) is 2. The molecule has 35 heavy (non-hydrogen) atoms. The number of rotatable bonds is 9. The number of nitrogens with one attached hydrogen (secondary N) is 2. The zero-order chi connectivity index (χ0) is 26.7. The Balaban J connectivity index is 2.68. The molecule has 0 radical (unpaired) electrons. The smallest absolute Gasteiger partial charge is 0.325 e. The lowest BCUT2D eigenvalue weighted by Crippen LogP contribution is -2.47. The molecule has 0 saturated heterocycles. The van der Waals surface area contributed by atoms with Crippen molar-refractivity contribution in [1.29, 1.82) is 0 Å². The molecule has 0 aliphatic rings. The van der Waals surface area contributed by atoms with Crippen molar-refractivity contribution < 1.29 is 27.1 Å². The van der Waals surface area contributed by atoms with E-state index in [1.807, 2.05) is 6.92 Å². The highest BCUT2D eigenvalue weighted by atomic mass is 35.5. The fraction of sp³-hybridized carbons (Fsp3) is 0.480. The van der Waals surface area contributed by atoms with Crippen LogP contribution in [0.2, 0.25) is 5.02 Å². The van der Waals surface area contributed by atoms with Crippen molar-refractivity contribution in [3.05, 3.63) is 57.4 Å². The molecule has 0 saturated carbocycles. The number of carbonyl (C=O) groups excluding carboxylic acids is 1. The molecule has 0 amide bonds. The summed E-state index contributed by atoms with van der Waals surface area (Å²) in [5.74, 6) is -2.23. The van der Waals surface area contributed by atoms with Crippen LogP contribution in [0.4, 0.5) is 10.1 Å². The molecular formula is C25H34ClFN2O5S.